The minimum absolute atomic E-state index is 0.0780. The van der Waals surface area contributed by atoms with Crippen LogP contribution in [0.25, 0.3) is 24.3 Å². The Morgan fingerprint density at radius 3 is 2.21 bits per heavy atom. The molecule has 1 saturated carbocycles. The summed E-state index contributed by atoms with van der Waals surface area (Å²) < 4.78 is 17.8. The van der Waals surface area contributed by atoms with E-state index in [1.54, 1.807) is 20.3 Å². The molecule has 5 rings (SSSR count). The lowest BCUT2D eigenvalue weighted by Gasteiger charge is -2.49. The van der Waals surface area contributed by atoms with Crippen molar-refractivity contribution in [3.05, 3.63) is 76.3 Å². The molecule has 4 N–H and O–H groups in total. The second-order valence-electron chi connectivity index (χ2n) is 11.1. The number of methoxy groups -OCH3 is 2. The maximum atomic E-state index is 10.8. The first-order valence-corrected chi connectivity index (χ1v) is 13.4. The molecule has 6 heteroatoms. The van der Waals surface area contributed by atoms with E-state index in [9.17, 15) is 10.2 Å². The summed E-state index contributed by atoms with van der Waals surface area (Å²) in [5.74, 6) is 2.44. The van der Waals surface area contributed by atoms with Gasteiger partial charge in [0.25, 0.3) is 0 Å². The van der Waals surface area contributed by atoms with Crippen molar-refractivity contribution in [3.8, 4) is 23.0 Å². The van der Waals surface area contributed by atoms with Crippen molar-refractivity contribution < 1.29 is 24.4 Å². The summed E-state index contributed by atoms with van der Waals surface area (Å²) in [7, 11) is 3.25. The van der Waals surface area contributed by atoms with Crippen molar-refractivity contribution in [2.24, 2.45) is 11.3 Å². The van der Waals surface area contributed by atoms with Gasteiger partial charge in [0.15, 0.2) is 11.5 Å². The van der Waals surface area contributed by atoms with E-state index in [1.807, 2.05) is 60.7 Å². The van der Waals surface area contributed by atoms with Crippen LogP contribution in [0.1, 0.15) is 54.5 Å². The quantitative estimate of drug-likeness (QED) is 0.253. The van der Waals surface area contributed by atoms with Gasteiger partial charge in [-0.05, 0) is 89.4 Å². The van der Waals surface area contributed by atoms with Gasteiger partial charge in [0.05, 0.1) is 25.9 Å². The van der Waals surface area contributed by atoms with Crippen molar-refractivity contribution >= 4 is 30.0 Å². The van der Waals surface area contributed by atoms with Crippen LogP contribution in [0.4, 0.5) is 5.69 Å². The van der Waals surface area contributed by atoms with Gasteiger partial charge in [0.1, 0.15) is 17.6 Å². The second-order valence-corrected chi connectivity index (χ2v) is 11.1. The van der Waals surface area contributed by atoms with Crippen LogP contribution in [0.2, 0.25) is 0 Å². The fraction of sp³-hybridized carbons (Fsp3) is 0.333. The molecule has 0 radical (unpaired) electrons. The van der Waals surface area contributed by atoms with E-state index in [0.29, 0.717) is 22.7 Å². The van der Waals surface area contributed by atoms with Gasteiger partial charge in [0, 0.05) is 11.6 Å². The van der Waals surface area contributed by atoms with E-state index in [0.717, 1.165) is 47.3 Å². The summed E-state index contributed by atoms with van der Waals surface area (Å²) in [6, 6.07) is 15.2. The molecule has 0 aromatic heterocycles. The second kappa shape index (κ2) is 10.7. The smallest absolute Gasteiger partial charge is 0.164 e. The van der Waals surface area contributed by atoms with Gasteiger partial charge in [0.2, 0.25) is 0 Å². The molecule has 39 heavy (non-hydrogen) atoms. The SMILES string of the molecule is COc1cc(/C=C/c2cc3c(c(OC)c2)OC2CC[C@@H](O)C(C)(C)C2C3)cc(O)c1/C=C/c1ccc(N)cc1. The zero-order valence-electron chi connectivity index (χ0n) is 23.0. The topological polar surface area (TPSA) is 94.2 Å². The van der Waals surface area contributed by atoms with E-state index in [2.05, 4.69) is 19.9 Å². The Balaban J connectivity index is 1.41. The minimum Gasteiger partial charge on any atom is -0.507 e. The minimum atomic E-state index is -0.333. The largest absolute Gasteiger partial charge is 0.507 e. The number of nitrogen functional groups attached to an aromatic ring is 1. The molecule has 3 atom stereocenters. The van der Waals surface area contributed by atoms with Gasteiger partial charge in [-0.1, -0.05) is 44.2 Å². The summed E-state index contributed by atoms with van der Waals surface area (Å²) in [5.41, 5.74) is 10.7. The Morgan fingerprint density at radius 1 is 0.872 bits per heavy atom. The fourth-order valence-corrected chi connectivity index (χ4v) is 5.81. The number of aromatic hydroxyl groups is 1. The standard InChI is InChI=1S/C33H37NO5/c1-33(2)26-19-23-15-21(18-30(38-4)32(23)39-28(26)13-14-31(33)36)5-6-22-16-27(35)25(29(17-22)37-3)12-9-20-7-10-24(34)11-8-20/h5-12,15-18,26,28,31,35-36H,13-14,19,34H2,1-4H3/b6-5+,12-9+/t26?,28?,31-/m1/s1. The molecule has 2 aliphatic rings. The molecule has 3 aromatic rings. The maximum absolute atomic E-state index is 10.8. The van der Waals surface area contributed by atoms with Crippen molar-refractivity contribution in [2.45, 2.75) is 45.3 Å². The average Bonchev–Trinajstić information content (AvgIpc) is 2.93. The number of aliphatic hydroxyl groups is 1. The molecule has 204 valence electrons. The third-order valence-corrected chi connectivity index (χ3v) is 8.28. The highest BCUT2D eigenvalue weighted by Crippen LogP contribution is 2.50. The number of ether oxygens (including phenoxy) is 3. The zero-order valence-corrected chi connectivity index (χ0v) is 23.0. The van der Waals surface area contributed by atoms with Crippen LogP contribution in [0.15, 0.2) is 48.5 Å². The van der Waals surface area contributed by atoms with Gasteiger partial charge in [-0.25, -0.2) is 0 Å². The van der Waals surface area contributed by atoms with Gasteiger partial charge in [-0.15, -0.1) is 0 Å². The molecular formula is C33H37NO5. The van der Waals surface area contributed by atoms with E-state index >= 15 is 0 Å². The van der Waals surface area contributed by atoms with E-state index in [1.165, 1.54) is 0 Å². The van der Waals surface area contributed by atoms with Crippen LogP contribution < -0.4 is 19.9 Å². The lowest BCUT2D eigenvalue weighted by molar-refractivity contribution is -0.0895. The molecule has 0 bridgehead atoms. The number of aliphatic hydroxyl groups excluding tert-OH is 1. The normalized spacial score (nSPS) is 21.8. The number of benzene rings is 3. The number of hydrogen-bond donors (Lipinski definition) is 3. The number of nitrogens with two attached hydrogens (primary N) is 1. The Kier molecular flexibility index (Phi) is 7.32. The number of phenolic OH excluding ortho intramolecular Hbond substituents is 1. The Hall–Kier alpha value is -3.90. The summed E-state index contributed by atoms with van der Waals surface area (Å²) in [6.45, 7) is 4.27. The third-order valence-electron chi connectivity index (χ3n) is 8.28. The van der Waals surface area contributed by atoms with E-state index in [4.69, 9.17) is 19.9 Å². The van der Waals surface area contributed by atoms with Crippen LogP contribution in [0, 0.1) is 11.3 Å². The molecule has 0 amide bonds. The Labute approximate surface area is 230 Å². The number of fused-ring (bicyclic) bond motifs is 2. The van der Waals surface area contributed by atoms with Crippen LogP contribution in [-0.2, 0) is 6.42 Å². The van der Waals surface area contributed by atoms with Gasteiger partial charge < -0.3 is 30.2 Å². The molecule has 1 aliphatic heterocycles. The Morgan fingerprint density at radius 2 is 1.51 bits per heavy atom. The monoisotopic (exact) mass is 527 g/mol. The first kappa shape index (κ1) is 26.7. The van der Waals surface area contributed by atoms with E-state index < -0.39 is 0 Å². The number of hydrogen-bond acceptors (Lipinski definition) is 6. The van der Waals surface area contributed by atoms with Crippen molar-refractivity contribution in [3.63, 3.8) is 0 Å². The van der Waals surface area contributed by atoms with Crippen LogP contribution in [0.3, 0.4) is 0 Å². The molecule has 1 aliphatic carbocycles. The van der Waals surface area contributed by atoms with Crippen LogP contribution >= 0.6 is 0 Å². The predicted molar refractivity (Wildman–Crippen MR) is 157 cm³/mol. The van der Waals surface area contributed by atoms with Crippen molar-refractivity contribution in [1.29, 1.82) is 0 Å². The van der Waals surface area contributed by atoms with Gasteiger partial charge >= 0.3 is 0 Å². The first-order chi connectivity index (χ1) is 18.7. The molecule has 1 fully saturated rings. The third kappa shape index (κ3) is 5.34. The van der Waals surface area contributed by atoms with Crippen molar-refractivity contribution in [1.82, 2.24) is 0 Å². The summed E-state index contributed by atoms with van der Waals surface area (Å²) in [4.78, 5) is 0. The highest BCUT2D eigenvalue weighted by atomic mass is 16.5. The molecule has 1 heterocycles. The predicted octanol–water partition coefficient (Wildman–Crippen LogP) is 6.43. The summed E-state index contributed by atoms with van der Waals surface area (Å²) in [5, 5.41) is 21.4. The Bertz CT molecular complexity index is 1410. The molecule has 6 nitrogen and oxygen atoms in total. The van der Waals surface area contributed by atoms with E-state index in [-0.39, 0.29) is 29.3 Å². The molecule has 0 saturated heterocycles. The average molecular weight is 528 g/mol. The number of phenols is 1. The molecule has 3 aromatic carbocycles. The zero-order chi connectivity index (χ0) is 27.7. The fourth-order valence-electron chi connectivity index (χ4n) is 5.81. The molecular weight excluding hydrogens is 490 g/mol. The lowest BCUT2D eigenvalue weighted by atomic mass is 9.63. The van der Waals surface area contributed by atoms with Crippen LogP contribution in [0.5, 0.6) is 23.0 Å². The first-order valence-electron chi connectivity index (χ1n) is 13.4. The molecule has 2 unspecified atom stereocenters. The highest BCUT2D eigenvalue weighted by Gasteiger charge is 2.48. The van der Waals surface area contributed by atoms with Gasteiger partial charge in [-0.2, -0.15) is 0 Å². The summed E-state index contributed by atoms with van der Waals surface area (Å²) >= 11 is 0. The number of anilines is 1. The van der Waals surface area contributed by atoms with Crippen molar-refractivity contribution in [2.75, 3.05) is 20.0 Å². The number of rotatable bonds is 6. The van der Waals surface area contributed by atoms with Gasteiger partial charge in [-0.3, -0.25) is 0 Å². The maximum Gasteiger partial charge on any atom is 0.164 e. The highest BCUT2D eigenvalue weighted by molar-refractivity contribution is 5.80. The summed E-state index contributed by atoms with van der Waals surface area (Å²) in [6.07, 6.45) is 9.84. The van der Waals surface area contributed by atoms with Crippen LogP contribution in [-0.4, -0.2) is 36.6 Å². The lowest BCUT2D eigenvalue weighted by Crippen LogP contribution is -2.51. The molecule has 0 spiro atoms.